The maximum atomic E-state index is 9.06. The van der Waals surface area contributed by atoms with Crippen LogP contribution in [0, 0.1) is 26.0 Å². The molecule has 40 heavy (non-hydrogen) atoms. The Hall–Kier alpha value is -4.17. The van der Waals surface area contributed by atoms with Crippen LogP contribution in [0.15, 0.2) is 95.5 Å². The van der Waals surface area contributed by atoms with E-state index in [0.29, 0.717) is 33.2 Å². The smallest absolute Gasteiger partial charge is 0.216 e. The molecule has 0 N–H and O–H groups in total. The van der Waals surface area contributed by atoms with Crippen molar-refractivity contribution in [3.05, 3.63) is 113 Å². The summed E-state index contributed by atoms with van der Waals surface area (Å²) in [4.78, 5) is 0. The highest BCUT2D eigenvalue weighted by Crippen LogP contribution is 2.41. The number of benzene rings is 4. The van der Waals surface area contributed by atoms with Gasteiger partial charge in [-0.2, -0.15) is 0 Å². The van der Waals surface area contributed by atoms with Crippen LogP contribution in [0.2, 0.25) is 0 Å². The number of nitrogens with zero attached hydrogens (tertiary/aromatic N) is 1. The van der Waals surface area contributed by atoms with E-state index in [9.17, 15) is 0 Å². The topological polar surface area (TPSA) is 17.0 Å². The zero-order chi connectivity index (χ0) is 35.0. The van der Waals surface area contributed by atoms with Crippen LogP contribution >= 0.6 is 0 Å². The molecule has 0 radical (unpaired) electrons. The number of rotatable bonds is 4. The summed E-state index contributed by atoms with van der Waals surface area (Å²) in [5, 5.41) is 1.36. The van der Waals surface area contributed by atoms with Crippen LogP contribution in [-0.2, 0) is 13.4 Å². The van der Waals surface area contributed by atoms with Gasteiger partial charge in [0.25, 0.3) is 0 Å². The molecule has 4 aromatic carbocycles. The second kappa shape index (κ2) is 9.78. The molecule has 0 spiro atoms. The van der Waals surface area contributed by atoms with Gasteiger partial charge in [-0.1, -0.05) is 93.6 Å². The van der Waals surface area contributed by atoms with Crippen molar-refractivity contribution in [1.82, 2.24) is 0 Å². The first-order valence-electron chi connectivity index (χ1n) is 17.5. The van der Waals surface area contributed by atoms with Crippen LogP contribution in [0.3, 0.4) is 0 Å². The fourth-order valence-electron chi connectivity index (χ4n) is 5.44. The third-order valence-corrected chi connectivity index (χ3v) is 7.36. The Balaban J connectivity index is 1.62. The van der Waals surface area contributed by atoms with Crippen LogP contribution in [-0.4, -0.2) is 0 Å². The van der Waals surface area contributed by atoms with Crippen molar-refractivity contribution < 1.29 is 20.0 Å². The molecule has 0 aliphatic heterocycles. The third kappa shape index (κ3) is 4.62. The fourth-order valence-corrected chi connectivity index (χ4v) is 5.44. The van der Waals surface area contributed by atoms with E-state index >= 15 is 0 Å². The van der Waals surface area contributed by atoms with Crippen molar-refractivity contribution in [3.8, 4) is 33.5 Å². The Morgan fingerprint density at radius 2 is 1.45 bits per heavy atom. The van der Waals surface area contributed by atoms with E-state index in [-0.39, 0.29) is 22.3 Å². The van der Waals surface area contributed by atoms with Gasteiger partial charge in [-0.25, -0.2) is 4.57 Å². The number of pyridine rings is 1. The Kier molecular flexibility index (Phi) is 4.46. The molecule has 0 amide bonds. The summed E-state index contributed by atoms with van der Waals surface area (Å²) in [5.74, 6) is 0. The van der Waals surface area contributed by atoms with Gasteiger partial charge >= 0.3 is 0 Å². The predicted molar refractivity (Wildman–Crippen MR) is 169 cm³/mol. The number of aryl methyl sites for hydroxylation is 4. The number of hydrogen-bond acceptors (Lipinski definition) is 1. The average molecular weight is 533 g/mol. The quantitative estimate of drug-likeness (QED) is 0.206. The Morgan fingerprint density at radius 3 is 2.15 bits per heavy atom. The SMILES string of the molecule is [2H]C([2H])([2H])c1c[n+](C)c(-c2c(C)ccc3c2oc2c(C([2H])([2H])[2H])c(-c4ccc(-c5ccccc5)cc4)ccc23)cc1C([2H])([2H])C(C)(C)C. The fraction of sp³-hybridized carbons (Fsp3) is 0.237. The number of furan rings is 1. The first-order chi connectivity index (χ1) is 22.3. The summed E-state index contributed by atoms with van der Waals surface area (Å²) in [6.45, 7) is 2.10. The van der Waals surface area contributed by atoms with E-state index in [0.717, 1.165) is 22.3 Å². The largest absolute Gasteiger partial charge is 0.455 e. The van der Waals surface area contributed by atoms with Crippen molar-refractivity contribution >= 4 is 21.9 Å². The summed E-state index contributed by atoms with van der Waals surface area (Å²) < 4.78 is 76.9. The van der Waals surface area contributed by atoms with Crippen LogP contribution in [0.4, 0.5) is 0 Å². The number of fused-ring (bicyclic) bond motifs is 3. The minimum absolute atomic E-state index is 0.0595. The molecule has 6 aromatic rings. The molecule has 2 nitrogen and oxygen atoms in total. The first-order valence-corrected chi connectivity index (χ1v) is 13.5. The summed E-state index contributed by atoms with van der Waals surface area (Å²) in [6.07, 6.45) is -0.512. The van der Waals surface area contributed by atoms with Crippen LogP contribution in [0.25, 0.3) is 55.4 Å². The lowest BCUT2D eigenvalue weighted by molar-refractivity contribution is -0.660. The molecule has 0 aliphatic rings. The lowest BCUT2D eigenvalue weighted by Gasteiger charge is -2.19. The summed E-state index contributed by atoms with van der Waals surface area (Å²) in [7, 11) is 1.73. The first kappa shape index (κ1) is 18.2. The highest BCUT2D eigenvalue weighted by Gasteiger charge is 2.24. The predicted octanol–water partition coefficient (Wildman–Crippen LogP) is 9.93. The van der Waals surface area contributed by atoms with Gasteiger partial charge in [0.1, 0.15) is 18.2 Å². The van der Waals surface area contributed by atoms with Gasteiger partial charge in [-0.3, -0.25) is 0 Å². The van der Waals surface area contributed by atoms with Gasteiger partial charge in [-0.05, 0) is 71.9 Å². The maximum absolute atomic E-state index is 9.06. The molecule has 0 aliphatic carbocycles. The van der Waals surface area contributed by atoms with E-state index in [4.69, 9.17) is 15.4 Å². The summed E-state index contributed by atoms with van der Waals surface area (Å²) in [6, 6.07) is 26.9. The van der Waals surface area contributed by atoms with Gasteiger partial charge in [-0.15, -0.1) is 0 Å². The van der Waals surface area contributed by atoms with Gasteiger partial charge in [0.15, 0.2) is 6.20 Å². The molecule has 200 valence electrons. The molecule has 2 heterocycles. The average Bonchev–Trinajstić information content (AvgIpc) is 3.38. The molecule has 0 atom stereocenters. The van der Waals surface area contributed by atoms with Crippen molar-refractivity contribution in [2.75, 3.05) is 0 Å². The van der Waals surface area contributed by atoms with E-state index in [1.54, 1.807) is 38.5 Å². The zero-order valence-corrected chi connectivity index (χ0v) is 23.5. The van der Waals surface area contributed by atoms with Crippen molar-refractivity contribution in [2.24, 2.45) is 12.5 Å². The van der Waals surface area contributed by atoms with Gasteiger partial charge in [0.05, 0.1) is 5.56 Å². The monoisotopic (exact) mass is 532 g/mol. The van der Waals surface area contributed by atoms with Crippen LogP contribution in [0.5, 0.6) is 0 Å². The molecular formula is C38H38NO+. The Bertz CT molecular complexity index is 2170. The Morgan fingerprint density at radius 1 is 0.775 bits per heavy atom. The van der Waals surface area contributed by atoms with E-state index < -0.39 is 25.5 Å². The van der Waals surface area contributed by atoms with Crippen LogP contribution in [0.1, 0.15) is 54.0 Å². The molecule has 2 heteroatoms. The molecule has 2 aromatic heterocycles. The second-order valence-corrected chi connectivity index (χ2v) is 11.5. The highest BCUT2D eigenvalue weighted by molar-refractivity contribution is 6.11. The maximum Gasteiger partial charge on any atom is 0.216 e. The molecule has 0 fully saturated rings. The standard InChI is InChI=1S/C38H38NO/c1-24-13-18-33-32-20-19-31(29-16-14-28(15-17-29)27-11-9-8-10-12-27)26(3)36(32)40-37(33)35(24)34-21-30(22-38(4,5)6)25(2)23-39(34)7/h8-21,23H,22H2,1-7H3/q+1/i2D3,3D3,22D2. The van der Waals surface area contributed by atoms with E-state index in [1.807, 2.05) is 85.8 Å². The van der Waals surface area contributed by atoms with Gasteiger partial charge in [0.2, 0.25) is 5.69 Å². The van der Waals surface area contributed by atoms with E-state index in [2.05, 4.69) is 0 Å². The number of hydrogen-bond donors (Lipinski definition) is 0. The zero-order valence-electron chi connectivity index (χ0n) is 31.5. The second-order valence-electron chi connectivity index (χ2n) is 11.5. The minimum atomic E-state index is -2.55. The minimum Gasteiger partial charge on any atom is -0.455 e. The van der Waals surface area contributed by atoms with Crippen LogP contribution < -0.4 is 4.57 Å². The van der Waals surface area contributed by atoms with Gasteiger partial charge in [0, 0.05) is 38.9 Å². The Labute approximate surface area is 249 Å². The number of aromatic nitrogens is 1. The molecule has 0 saturated heterocycles. The molecule has 0 unspecified atom stereocenters. The van der Waals surface area contributed by atoms with Crippen molar-refractivity contribution in [3.63, 3.8) is 0 Å². The molecule has 6 rings (SSSR count). The molecular weight excluding hydrogens is 486 g/mol. The lowest BCUT2D eigenvalue weighted by atomic mass is 9.86. The normalized spacial score (nSPS) is 15.9. The highest BCUT2D eigenvalue weighted by atomic mass is 16.3. The summed E-state index contributed by atoms with van der Waals surface area (Å²) >= 11 is 0. The van der Waals surface area contributed by atoms with Crippen molar-refractivity contribution in [1.29, 1.82) is 0 Å². The molecule has 0 saturated carbocycles. The third-order valence-electron chi connectivity index (χ3n) is 7.36. The van der Waals surface area contributed by atoms with E-state index in [1.165, 1.54) is 6.20 Å². The van der Waals surface area contributed by atoms with Crippen molar-refractivity contribution in [2.45, 2.75) is 47.8 Å². The lowest BCUT2D eigenvalue weighted by Crippen LogP contribution is -2.32. The summed E-state index contributed by atoms with van der Waals surface area (Å²) in [5.41, 5.74) is 5.33. The molecule has 0 bridgehead atoms. The van der Waals surface area contributed by atoms with Gasteiger partial charge < -0.3 is 4.42 Å².